The maximum atomic E-state index is 12.3. The summed E-state index contributed by atoms with van der Waals surface area (Å²) in [6, 6.07) is 4.70. The van der Waals surface area contributed by atoms with Gasteiger partial charge in [0.25, 0.3) is 5.79 Å². The van der Waals surface area contributed by atoms with Crippen LogP contribution >= 0.6 is 0 Å². The number of carbonyl (C=O) groups is 2. The van der Waals surface area contributed by atoms with E-state index in [2.05, 4.69) is 5.32 Å². The number of aliphatic hydroxyl groups is 7. The molecule has 0 unspecified atom stereocenters. The molecule has 2 aliphatic heterocycles. The van der Waals surface area contributed by atoms with Crippen LogP contribution in [0.1, 0.15) is 13.3 Å². The lowest BCUT2D eigenvalue weighted by molar-refractivity contribution is -0.332. The molecule has 0 bridgehead atoms. The van der Waals surface area contributed by atoms with E-state index in [-0.39, 0.29) is 5.75 Å². The van der Waals surface area contributed by atoms with Crippen LogP contribution in [0, 0.1) is 0 Å². The second kappa shape index (κ2) is 13.3. The maximum absolute atomic E-state index is 12.3. The van der Waals surface area contributed by atoms with E-state index in [9.17, 15) is 50.4 Å². The first kappa shape index (κ1) is 31.9. The molecule has 0 aromatic heterocycles. The Morgan fingerprint density at radius 3 is 2.25 bits per heavy atom. The highest BCUT2D eigenvalue weighted by Gasteiger charge is 2.56. The summed E-state index contributed by atoms with van der Waals surface area (Å²) in [6.45, 7) is -0.647. The van der Waals surface area contributed by atoms with Crippen molar-refractivity contribution in [2.24, 2.45) is 0 Å². The van der Waals surface area contributed by atoms with Crippen molar-refractivity contribution in [1.29, 1.82) is 0 Å². The summed E-state index contributed by atoms with van der Waals surface area (Å²) in [5.41, 5.74) is 0. The summed E-state index contributed by atoms with van der Waals surface area (Å²) in [6.07, 6.45) is -16.4. The topological polar surface area (TPSA) is 254 Å². The lowest BCUT2D eigenvalue weighted by Crippen LogP contribution is -2.68. The predicted molar refractivity (Wildman–Crippen MR) is 129 cm³/mol. The average Bonchev–Trinajstić information content (AvgIpc) is 2.93. The fourth-order valence-electron chi connectivity index (χ4n) is 4.43. The van der Waals surface area contributed by atoms with Gasteiger partial charge in [-0.15, -0.1) is 0 Å². The maximum Gasteiger partial charge on any atom is 0.364 e. The smallest absolute Gasteiger partial charge is 0.364 e. The summed E-state index contributed by atoms with van der Waals surface area (Å²) in [7, 11) is 1.46. The molecule has 0 spiro atoms. The molecule has 226 valence electrons. The van der Waals surface area contributed by atoms with Gasteiger partial charge < -0.3 is 69.9 Å². The average molecular weight is 578 g/mol. The van der Waals surface area contributed by atoms with Gasteiger partial charge in [0.05, 0.1) is 32.5 Å². The fourth-order valence-corrected chi connectivity index (χ4v) is 4.43. The third kappa shape index (κ3) is 6.98. The van der Waals surface area contributed by atoms with Gasteiger partial charge in [0.2, 0.25) is 12.2 Å². The number of aliphatic hydroxyl groups excluding tert-OH is 7. The van der Waals surface area contributed by atoms with Gasteiger partial charge in [0.1, 0.15) is 54.2 Å². The zero-order valence-corrected chi connectivity index (χ0v) is 21.6. The van der Waals surface area contributed by atoms with E-state index in [1.54, 1.807) is 12.1 Å². The number of methoxy groups -OCH3 is 1. The van der Waals surface area contributed by atoms with Crippen molar-refractivity contribution in [2.45, 2.75) is 80.3 Å². The Kier molecular flexibility index (Phi) is 10.6. The molecule has 1 amide bonds. The van der Waals surface area contributed by atoms with Gasteiger partial charge in [0, 0.05) is 13.3 Å². The van der Waals surface area contributed by atoms with Crippen molar-refractivity contribution in [1.82, 2.24) is 5.32 Å². The molecular weight excluding hydrogens is 542 g/mol. The van der Waals surface area contributed by atoms with Crippen molar-refractivity contribution < 1.29 is 74.1 Å². The molecular formula is C24H35NO15. The summed E-state index contributed by atoms with van der Waals surface area (Å²) in [5, 5.41) is 83.9. The van der Waals surface area contributed by atoms with Gasteiger partial charge in [0.15, 0.2) is 0 Å². The normalized spacial score (nSPS) is 35.8. The summed E-state index contributed by atoms with van der Waals surface area (Å²) in [5.74, 6) is -4.42. The van der Waals surface area contributed by atoms with Gasteiger partial charge in [-0.2, -0.15) is 0 Å². The van der Waals surface area contributed by atoms with Crippen LogP contribution in [-0.4, -0.2) is 140 Å². The molecule has 2 saturated heterocycles. The molecule has 2 aliphatic rings. The number of ether oxygens (including phenoxy) is 5. The zero-order valence-electron chi connectivity index (χ0n) is 21.6. The van der Waals surface area contributed by atoms with Gasteiger partial charge in [-0.05, 0) is 24.3 Å². The standard InChI is InChI=1S/C24H35NO15/c1-10(27)25-16-13(28)7-24(23(34)35,40-21(16)17(30)14(29)8-26)37-9-15-18(31)19(32)20(33)22(39-15)38-12-5-3-11(36-2)4-6-12/h3-6,13-22,26,28-33H,7-9H2,1-2H3,(H,25,27)(H,34,35)/t13-,14+,15+,16+,17+,18+,19-,20-,21+,22+,24+/m0/s1. The van der Waals surface area contributed by atoms with Crippen LogP contribution in [0.25, 0.3) is 0 Å². The number of aliphatic carboxylic acids is 1. The molecule has 1 aromatic rings. The minimum atomic E-state index is -2.70. The summed E-state index contributed by atoms with van der Waals surface area (Å²) < 4.78 is 27.2. The lowest BCUT2D eigenvalue weighted by atomic mass is 9.88. The molecule has 40 heavy (non-hydrogen) atoms. The minimum Gasteiger partial charge on any atom is -0.497 e. The van der Waals surface area contributed by atoms with Gasteiger partial charge in [-0.1, -0.05) is 0 Å². The molecule has 3 rings (SSSR count). The molecule has 16 nitrogen and oxygen atoms in total. The SMILES string of the molecule is COc1ccc(O[C@@H]2O[C@H](CO[C@]3(C(=O)O)C[C@H](O)[C@@H](NC(C)=O)[C@H]([C@H](O)[C@H](O)CO)O3)[C@@H](O)[C@H](O)[C@@H]2O)cc1. The van der Waals surface area contributed by atoms with Gasteiger partial charge in [-0.25, -0.2) is 4.79 Å². The van der Waals surface area contributed by atoms with Crippen molar-refractivity contribution in [3.8, 4) is 11.5 Å². The van der Waals surface area contributed by atoms with E-state index < -0.39 is 98.5 Å². The second-order valence-electron chi connectivity index (χ2n) is 9.50. The molecule has 16 heteroatoms. The summed E-state index contributed by atoms with van der Waals surface area (Å²) >= 11 is 0. The van der Waals surface area contributed by atoms with E-state index in [0.29, 0.717) is 5.75 Å². The first-order valence-corrected chi connectivity index (χ1v) is 12.3. The summed E-state index contributed by atoms with van der Waals surface area (Å²) in [4.78, 5) is 24.0. The second-order valence-corrected chi connectivity index (χ2v) is 9.50. The van der Waals surface area contributed by atoms with E-state index in [0.717, 1.165) is 6.92 Å². The van der Waals surface area contributed by atoms with Crippen molar-refractivity contribution in [2.75, 3.05) is 20.3 Å². The molecule has 0 aliphatic carbocycles. The third-order valence-corrected chi connectivity index (χ3v) is 6.65. The van der Waals surface area contributed by atoms with E-state index in [1.165, 1.54) is 19.2 Å². The van der Waals surface area contributed by atoms with Crippen LogP contribution < -0.4 is 14.8 Å². The number of rotatable bonds is 11. The first-order valence-electron chi connectivity index (χ1n) is 12.3. The molecule has 1 aromatic carbocycles. The number of nitrogens with one attached hydrogen (secondary N) is 1. The van der Waals surface area contributed by atoms with Crippen LogP contribution in [0.4, 0.5) is 0 Å². The Morgan fingerprint density at radius 1 is 1.07 bits per heavy atom. The predicted octanol–water partition coefficient (Wildman–Crippen LogP) is -3.95. The Morgan fingerprint density at radius 2 is 1.70 bits per heavy atom. The number of carbonyl (C=O) groups excluding carboxylic acids is 1. The Balaban J connectivity index is 1.80. The van der Waals surface area contributed by atoms with E-state index in [1.807, 2.05) is 0 Å². The molecule has 0 radical (unpaired) electrons. The Labute approximate surface area is 228 Å². The van der Waals surface area contributed by atoms with Crippen molar-refractivity contribution >= 4 is 11.9 Å². The molecule has 11 atom stereocenters. The lowest BCUT2D eigenvalue weighted by Gasteiger charge is -2.47. The highest BCUT2D eigenvalue weighted by atomic mass is 16.7. The number of carboxylic acids is 1. The van der Waals surface area contributed by atoms with Crippen LogP contribution in [0.3, 0.4) is 0 Å². The number of amides is 1. The molecule has 9 N–H and O–H groups in total. The Hall–Kier alpha value is -2.64. The third-order valence-electron chi connectivity index (χ3n) is 6.65. The van der Waals surface area contributed by atoms with Crippen LogP contribution in [0.5, 0.6) is 11.5 Å². The number of carboxylic acid groups (broad SMARTS) is 1. The zero-order chi connectivity index (χ0) is 29.8. The van der Waals surface area contributed by atoms with Gasteiger partial charge in [-0.3, -0.25) is 4.79 Å². The fraction of sp³-hybridized carbons (Fsp3) is 0.667. The quantitative estimate of drug-likeness (QED) is 0.122. The van der Waals surface area contributed by atoms with E-state index in [4.69, 9.17) is 23.7 Å². The van der Waals surface area contributed by atoms with Crippen LogP contribution in [0.2, 0.25) is 0 Å². The van der Waals surface area contributed by atoms with E-state index >= 15 is 0 Å². The van der Waals surface area contributed by atoms with Crippen molar-refractivity contribution in [3.63, 3.8) is 0 Å². The monoisotopic (exact) mass is 577 g/mol. The molecule has 2 heterocycles. The minimum absolute atomic E-state index is 0.206. The molecule has 2 fully saturated rings. The van der Waals surface area contributed by atoms with Crippen molar-refractivity contribution in [3.05, 3.63) is 24.3 Å². The number of hydrogen-bond donors (Lipinski definition) is 9. The van der Waals surface area contributed by atoms with Crippen LogP contribution in [-0.2, 0) is 23.8 Å². The Bertz CT molecular complexity index is 995. The molecule has 0 saturated carbocycles. The van der Waals surface area contributed by atoms with Gasteiger partial charge >= 0.3 is 5.97 Å². The number of hydrogen-bond acceptors (Lipinski definition) is 14. The number of benzene rings is 1. The van der Waals surface area contributed by atoms with Crippen LogP contribution in [0.15, 0.2) is 24.3 Å². The highest BCUT2D eigenvalue weighted by molar-refractivity contribution is 5.76. The highest BCUT2D eigenvalue weighted by Crippen LogP contribution is 2.35. The first-order chi connectivity index (χ1) is 18.8. The largest absolute Gasteiger partial charge is 0.497 e.